The van der Waals surface area contributed by atoms with E-state index < -0.39 is 0 Å². The highest BCUT2D eigenvalue weighted by molar-refractivity contribution is 5.23. The number of allylic oxidation sites excluding steroid dienone is 2. The van der Waals surface area contributed by atoms with Crippen molar-refractivity contribution < 1.29 is 0 Å². The van der Waals surface area contributed by atoms with Gasteiger partial charge in [0.25, 0.3) is 0 Å². The fraction of sp³-hybridized carbons (Fsp3) is 0.737. The van der Waals surface area contributed by atoms with Crippen LogP contribution in [0.2, 0.25) is 0 Å². The predicted octanol–water partition coefficient (Wildman–Crippen LogP) is 5.24. The monoisotopic (exact) mass is 286 g/mol. The molecule has 1 aromatic heterocycles. The van der Waals surface area contributed by atoms with Crippen LogP contribution in [-0.4, -0.2) is 9.55 Å². The average Bonchev–Trinajstić information content (AvgIpc) is 2.98. The van der Waals surface area contributed by atoms with Gasteiger partial charge in [-0.25, -0.2) is 4.98 Å². The molecular formula is C19H30N2. The van der Waals surface area contributed by atoms with Gasteiger partial charge in [0.2, 0.25) is 0 Å². The van der Waals surface area contributed by atoms with Gasteiger partial charge in [-0.15, -0.1) is 0 Å². The molecule has 2 aliphatic rings. The number of imidazole rings is 1. The quantitative estimate of drug-likeness (QED) is 0.694. The van der Waals surface area contributed by atoms with E-state index in [9.17, 15) is 0 Å². The largest absolute Gasteiger partial charge is 0.334 e. The van der Waals surface area contributed by atoms with Crippen molar-refractivity contribution in [2.75, 3.05) is 0 Å². The van der Waals surface area contributed by atoms with Crippen LogP contribution >= 0.6 is 0 Å². The van der Waals surface area contributed by atoms with Gasteiger partial charge in [-0.05, 0) is 48.9 Å². The molecule has 0 amide bonds. The van der Waals surface area contributed by atoms with E-state index in [-0.39, 0.29) is 0 Å². The van der Waals surface area contributed by atoms with Crippen LogP contribution < -0.4 is 0 Å². The minimum atomic E-state index is 0.435. The van der Waals surface area contributed by atoms with Crippen molar-refractivity contribution in [1.82, 2.24) is 9.55 Å². The maximum Gasteiger partial charge on any atom is 0.0948 e. The third kappa shape index (κ3) is 2.47. The van der Waals surface area contributed by atoms with Gasteiger partial charge < -0.3 is 4.57 Å². The van der Waals surface area contributed by atoms with Gasteiger partial charge in [-0.1, -0.05) is 45.8 Å². The Hall–Kier alpha value is -1.05. The van der Waals surface area contributed by atoms with Crippen molar-refractivity contribution in [3.8, 4) is 0 Å². The number of aromatic nitrogens is 2. The summed E-state index contributed by atoms with van der Waals surface area (Å²) in [5, 5.41) is 0. The van der Waals surface area contributed by atoms with Crippen LogP contribution in [0, 0.1) is 23.2 Å². The van der Waals surface area contributed by atoms with E-state index in [1.54, 1.807) is 5.57 Å². The first-order valence-electron chi connectivity index (χ1n) is 8.73. The number of hydrogen-bond acceptors (Lipinski definition) is 1. The molecule has 116 valence electrons. The van der Waals surface area contributed by atoms with Crippen LogP contribution in [0.15, 0.2) is 30.4 Å². The van der Waals surface area contributed by atoms with Gasteiger partial charge in [-0.2, -0.15) is 0 Å². The molecule has 0 bridgehead atoms. The number of nitrogens with zero attached hydrogens (tertiary/aromatic N) is 2. The molecule has 0 spiro atoms. The first-order valence-corrected chi connectivity index (χ1v) is 8.73. The molecule has 1 saturated carbocycles. The molecule has 0 aromatic carbocycles. The topological polar surface area (TPSA) is 17.8 Å². The molecule has 2 unspecified atom stereocenters. The second-order valence-corrected chi connectivity index (χ2v) is 7.73. The summed E-state index contributed by atoms with van der Waals surface area (Å²) in [7, 11) is 0. The van der Waals surface area contributed by atoms with Crippen LogP contribution in [0.4, 0.5) is 0 Å². The molecule has 2 nitrogen and oxygen atoms in total. The lowest BCUT2D eigenvalue weighted by Gasteiger charge is -2.52. The standard InChI is InChI=1S/C19H30N2/c1-5-15-6-7-16-12-17(21-11-10-20-13-21)8-9-19(16,4)18(15)14(2)3/h7,10-11,13-15,17-18H,5-6,8-9,12H2,1-4H3/t15?,17-,18?,19-/m0/s1. The van der Waals surface area contributed by atoms with E-state index in [0.29, 0.717) is 11.5 Å². The van der Waals surface area contributed by atoms with E-state index in [2.05, 4.69) is 49.5 Å². The average molecular weight is 286 g/mol. The zero-order valence-electron chi connectivity index (χ0n) is 14.0. The molecule has 2 heteroatoms. The number of hydrogen-bond donors (Lipinski definition) is 0. The molecule has 1 aromatic rings. The van der Waals surface area contributed by atoms with E-state index in [0.717, 1.165) is 17.8 Å². The molecule has 0 radical (unpaired) electrons. The predicted molar refractivity (Wildman–Crippen MR) is 88.0 cm³/mol. The first-order chi connectivity index (χ1) is 10.1. The van der Waals surface area contributed by atoms with E-state index >= 15 is 0 Å². The molecule has 0 saturated heterocycles. The van der Waals surface area contributed by atoms with E-state index in [4.69, 9.17) is 0 Å². The van der Waals surface area contributed by atoms with Crippen LogP contribution in [-0.2, 0) is 0 Å². The summed E-state index contributed by atoms with van der Waals surface area (Å²) < 4.78 is 2.32. The summed E-state index contributed by atoms with van der Waals surface area (Å²) in [6.45, 7) is 9.79. The van der Waals surface area contributed by atoms with Crippen molar-refractivity contribution in [3.05, 3.63) is 30.4 Å². The van der Waals surface area contributed by atoms with Gasteiger partial charge >= 0.3 is 0 Å². The molecule has 0 N–H and O–H groups in total. The molecule has 3 rings (SSSR count). The Morgan fingerprint density at radius 3 is 2.86 bits per heavy atom. The van der Waals surface area contributed by atoms with E-state index in [1.807, 2.05) is 12.5 Å². The fourth-order valence-corrected chi connectivity index (χ4v) is 5.31. The van der Waals surface area contributed by atoms with E-state index in [1.165, 1.54) is 32.1 Å². The van der Waals surface area contributed by atoms with Crippen molar-refractivity contribution in [2.24, 2.45) is 23.2 Å². The Kier molecular flexibility index (Phi) is 3.98. The molecule has 4 atom stereocenters. The summed E-state index contributed by atoms with van der Waals surface area (Å²) in [5.74, 6) is 2.52. The Balaban J connectivity index is 1.88. The zero-order valence-corrected chi connectivity index (χ0v) is 14.0. The van der Waals surface area contributed by atoms with Crippen LogP contribution in [0.1, 0.15) is 65.8 Å². The molecule has 1 fully saturated rings. The number of fused-ring (bicyclic) bond motifs is 1. The van der Waals surface area contributed by atoms with Gasteiger partial charge in [-0.3, -0.25) is 0 Å². The van der Waals surface area contributed by atoms with Gasteiger partial charge in [0.05, 0.1) is 6.33 Å². The van der Waals surface area contributed by atoms with Crippen molar-refractivity contribution in [3.63, 3.8) is 0 Å². The highest BCUT2D eigenvalue weighted by Crippen LogP contribution is 2.57. The lowest BCUT2D eigenvalue weighted by Crippen LogP contribution is -2.43. The third-order valence-electron chi connectivity index (χ3n) is 6.29. The fourth-order valence-electron chi connectivity index (χ4n) is 5.31. The maximum atomic E-state index is 4.23. The van der Waals surface area contributed by atoms with Crippen molar-refractivity contribution in [1.29, 1.82) is 0 Å². The first kappa shape index (κ1) is 14.9. The SMILES string of the molecule is CCC1CC=C2C[C@@H](n3ccnc3)CC[C@]2(C)C1C(C)C. The highest BCUT2D eigenvalue weighted by Gasteiger charge is 2.47. The second kappa shape index (κ2) is 5.62. The normalized spacial score (nSPS) is 36.4. The summed E-state index contributed by atoms with van der Waals surface area (Å²) in [5.41, 5.74) is 2.17. The highest BCUT2D eigenvalue weighted by atomic mass is 15.1. The molecule has 2 aliphatic carbocycles. The van der Waals surface area contributed by atoms with Crippen molar-refractivity contribution >= 4 is 0 Å². The minimum absolute atomic E-state index is 0.435. The smallest absolute Gasteiger partial charge is 0.0948 e. The maximum absolute atomic E-state index is 4.23. The Bertz CT molecular complexity index is 500. The Morgan fingerprint density at radius 1 is 1.43 bits per heavy atom. The minimum Gasteiger partial charge on any atom is -0.334 e. The molecular weight excluding hydrogens is 256 g/mol. The molecule has 1 heterocycles. The summed E-state index contributed by atoms with van der Waals surface area (Å²) >= 11 is 0. The lowest BCUT2D eigenvalue weighted by molar-refractivity contribution is 0.0552. The Morgan fingerprint density at radius 2 is 2.24 bits per heavy atom. The van der Waals surface area contributed by atoms with Gasteiger partial charge in [0.15, 0.2) is 0 Å². The number of rotatable bonds is 3. The van der Waals surface area contributed by atoms with Gasteiger partial charge in [0, 0.05) is 18.4 Å². The third-order valence-corrected chi connectivity index (χ3v) is 6.29. The lowest BCUT2D eigenvalue weighted by atomic mass is 9.53. The van der Waals surface area contributed by atoms with Crippen LogP contribution in [0.5, 0.6) is 0 Å². The van der Waals surface area contributed by atoms with Gasteiger partial charge in [0.1, 0.15) is 0 Å². The second-order valence-electron chi connectivity index (χ2n) is 7.73. The summed E-state index contributed by atoms with van der Waals surface area (Å²) in [6, 6.07) is 0.623. The van der Waals surface area contributed by atoms with Crippen molar-refractivity contribution in [2.45, 2.75) is 65.8 Å². The summed E-state index contributed by atoms with van der Waals surface area (Å²) in [6.07, 6.45) is 15.1. The Labute approximate surface area is 129 Å². The zero-order chi connectivity index (χ0) is 15.0. The van der Waals surface area contributed by atoms with Crippen LogP contribution in [0.25, 0.3) is 0 Å². The molecule has 0 aliphatic heterocycles. The summed E-state index contributed by atoms with van der Waals surface area (Å²) in [4.78, 5) is 4.23. The molecule has 21 heavy (non-hydrogen) atoms. The van der Waals surface area contributed by atoms with Crippen LogP contribution in [0.3, 0.4) is 0 Å².